The van der Waals surface area contributed by atoms with E-state index in [1.54, 1.807) is 59.5 Å². The number of rotatable bonds is 7. The number of benzene rings is 2. The van der Waals surface area contributed by atoms with E-state index in [1.807, 2.05) is 17.2 Å². The van der Waals surface area contributed by atoms with E-state index >= 15 is 0 Å². The van der Waals surface area contributed by atoms with E-state index in [-0.39, 0.29) is 30.3 Å². The molecule has 5 rings (SSSR count). The van der Waals surface area contributed by atoms with Crippen LogP contribution in [0.4, 0.5) is 5.69 Å². The number of aromatic nitrogens is 4. The van der Waals surface area contributed by atoms with Crippen LogP contribution in [-0.2, 0) is 17.8 Å². The van der Waals surface area contributed by atoms with Crippen LogP contribution in [0.1, 0.15) is 35.5 Å². The lowest BCUT2D eigenvalue weighted by molar-refractivity contribution is -0.115. The number of carbonyl (C=O) groups excluding carboxylic acids is 2. The Morgan fingerprint density at radius 3 is 2.37 bits per heavy atom. The predicted octanol–water partition coefficient (Wildman–Crippen LogP) is 5.54. The van der Waals surface area contributed by atoms with E-state index in [2.05, 4.69) is 39.4 Å². The second kappa shape index (κ2) is 12.6. The van der Waals surface area contributed by atoms with Crippen molar-refractivity contribution >= 4 is 52.3 Å². The van der Waals surface area contributed by atoms with Crippen molar-refractivity contribution in [3.05, 3.63) is 99.0 Å². The topological polar surface area (TPSA) is 96.2 Å². The molecule has 0 radical (unpaired) electrons. The maximum Gasteiger partial charge on any atom is 0.253 e. The fourth-order valence-corrected chi connectivity index (χ4v) is 5.60. The summed E-state index contributed by atoms with van der Waals surface area (Å²) in [6, 6.07) is 14.1. The first-order chi connectivity index (χ1) is 19.7. The van der Waals surface area contributed by atoms with Crippen LogP contribution in [0.25, 0.3) is 5.69 Å². The number of anilines is 1. The van der Waals surface area contributed by atoms with Crippen LogP contribution in [0.3, 0.4) is 0 Å². The van der Waals surface area contributed by atoms with Crippen LogP contribution in [0.15, 0.2) is 67.1 Å². The first kappa shape index (κ1) is 29.0. The van der Waals surface area contributed by atoms with Gasteiger partial charge in [0.1, 0.15) is 0 Å². The average molecular weight is 613 g/mol. The maximum absolute atomic E-state index is 13.3. The number of hydrogen-bond donors (Lipinski definition) is 1. The lowest BCUT2D eigenvalue weighted by atomic mass is 10.1. The van der Waals surface area contributed by atoms with Gasteiger partial charge >= 0.3 is 0 Å². The maximum atomic E-state index is 13.3. The van der Waals surface area contributed by atoms with Crippen molar-refractivity contribution in [3.8, 4) is 5.69 Å². The number of piperazine rings is 1. The van der Waals surface area contributed by atoms with Gasteiger partial charge < -0.3 is 10.2 Å². The number of halogens is 3. The fourth-order valence-electron chi connectivity index (χ4n) is 4.97. The van der Waals surface area contributed by atoms with Crippen molar-refractivity contribution in [3.63, 3.8) is 0 Å². The van der Waals surface area contributed by atoms with Crippen molar-refractivity contribution in [1.29, 1.82) is 0 Å². The van der Waals surface area contributed by atoms with Gasteiger partial charge in [-0.25, -0.2) is 4.68 Å². The van der Waals surface area contributed by atoms with Gasteiger partial charge in [-0.15, -0.1) is 5.10 Å². The third-order valence-electron chi connectivity index (χ3n) is 7.01. The highest BCUT2D eigenvalue weighted by Gasteiger charge is 2.32. The van der Waals surface area contributed by atoms with Crippen LogP contribution in [0.2, 0.25) is 15.1 Å². The van der Waals surface area contributed by atoms with Crippen LogP contribution in [0, 0.1) is 0 Å². The van der Waals surface area contributed by atoms with Gasteiger partial charge in [0.15, 0.2) is 0 Å². The highest BCUT2D eigenvalue weighted by Crippen LogP contribution is 2.31. The Morgan fingerprint density at radius 2 is 1.68 bits per heavy atom. The molecular weight excluding hydrogens is 585 g/mol. The van der Waals surface area contributed by atoms with Gasteiger partial charge in [0.25, 0.3) is 5.91 Å². The van der Waals surface area contributed by atoms with Gasteiger partial charge in [0, 0.05) is 55.4 Å². The summed E-state index contributed by atoms with van der Waals surface area (Å²) in [5.41, 5.74) is 3.41. The van der Waals surface area contributed by atoms with Crippen LogP contribution in [-0.4, -0.2) is 66.8 Å². The van der Waals surface area contributed by atoms with E-state index in [9.17, 15) is 9.59 Å². The van der Waals surface area contributed by atoms with E-state index in [1.165, 1.54) is 0 Å². The third kappa shape index (κ3) is 6.87. The summed E-state index contributed by atoms with van der Waals surface area (Å²) in [4.78, 5) is 33.9. The minimum absolute atomic E-state index is 0.0446. The molecule has 1 saturated heterocycles. The molecule has 2 aromatic carbocycles. The predicted molar refractivity (Wildman–Crippen MR) is 160 cm³/mol. The van der Waals surface area contributed by atoms with Gasteiger partial charge in [-0.1, -0.05) is 46.1 Å². The third-order valence-corrected chi connectivity index (χ3v) is 8.04. The molecule has 4 aromatic rings. The molecule has 0 aliphatic carbocycles. The molecule has 0 bridgehead atoms. The second-order valence-corrected chi connectivity index (χ2v) is 11.3. The van der Waals surface area contributed by atoms with Gasteiger partial charge in [-0.05, 0) is 61.9 Å². The summed E-state index contributed by atoms with van der Waals surface area (Å²) >= 11 is 18.6. The Bertz CT molecular complexity index is 1530. The molecule has 0 spiro atoms. The molecule has 1 fully saturated rings. The quantitative estimate of drug-likeness (QED) is 0.276. The zero-order valence-electron chi connectivity index (χ0n) is 22.5. The molecule has 1 N–H and O–H groups in total. The van der Waals surface area contributed by atoms with Gasteiger partial charge in [-0.2, -0.15) is 0 Å². The normalized spacial score (nSPS) is 17.4. The molecule has 0 saturated carbocycles. The molecule has 1 aliphatic rings. The number of nitrogens with one attached hydrogen (secondary N) is 1. The van der Waals surface area contributed by atoms with E-state index in [4.69, 9.17) is 34.8 Å². The minimum Gasteiger partial charge on any atom is -0.336 e. The molecule has 9 nitrogen and oxygen atoms in total. The van der Waals surface area contributed by atoms with Crippen LogP contribution >= 0.6 is 34.8 Å². The van der Waals surface area contributed by atoms with Crippen LogP contribution in [0.5, 0.6) is 0 Å². The molecule has 0 unspecified atom stereocenters. The van der Waals surface area contributed by atoms with Crippen molar-refractivity contribution in [2.24, 2.45) is 0 Å². The second-order valence-electron chi connectivity index (χ2n) is 10.1. The molecule has 2 amide bonds. The van der Waals surface area contributed by atoms with Gasteiger partial charge in [-0.3, -0.25) is 19.5 Å². The molecular formula is C29H28Cl3N7O2. The SMILES string of the molecule is C[C@@H]1CN(C(=O)c2ccc(NC(=O)Cc3cccnc3)cc2)C[C@H](C)N1Cc1cn(-c2cc(Cl)c(Cl)cc2Cl)nn1. The summed E-state index contributed by atoms with van der Waals surface area (Å²) < 4.78 is 1.58. The standard InChI is InChI=1S/C29H28Cl3N7O2/c1-18-14-37(29(41)21-5-7-22(8-6-21)34-28(40)10-20-4-3-9-33-13-20)15-19(2)38(18)16-23-17-39(36-35-23)27-12-25(31)24(30)11-26(27)32/h3-9,11-13,17-19H,10,14-16H2,1-2H3,(H,34,40)/t18-,19+. The summed E-state index contributed by atoms with van der Waals surface area (Å²) in [6.45, 7) is 5.89. The Labute approximate surface area is 253 Å². The van der Waals surface area contributed by atoms with Crippen molar-refractivity contribution in [1.82, 2.24) is 29.8 Å². The van der Waals surface area contributed by atoms with E-state index < -0.39 is 0 Å². The molecule has 212 valence electrons. The van der Waals surface area contributed by atoms with E-state index in [0.717, 1.165) is 11.3 Å². The number of nitrogens with zero attached hydrogens (tertiary/aromatic N) is 6. The Hall–Kier alpha value is -3.50. The fraction of sp³-hybridized carbons (Fsp3) is 0.276. The van der Waals surface area contributed by atoms with Gasteiger partial charge in [0.05, 0.1) is 39.1 Å². The van der Waals surface area contributed by atoms with Crippen LogP contribution < -0.4 is 5.32 Å². The number of hydrogen-bond acceptors (Lipinski definition) is 6. The van der Waals surface area contributed by atoms with Gasteiger partial charge in [0.2, 0.25) is 5.91 Å². The average Bonchev–Trinajstić information content (AvgIpc) is 3.41. The summed E-state index contributed by atoms with van der Waals surface area (Å²) in [7, 11) is 0. The molecule has 41 heavy (non-hydrogen) atoms. The number of pyridine rings is 1. The Morgan fingerprint density at radius 1 is 0.976 bits per heavy atom. The largest absolute Gasteiger partial charge is 0.336 e. The Kier molecular flexibility index (Phi) is 8.89. The van der Waals surface area contributed by atoms with E-state index in [0.29, 0.717) is 51.6 Å². The smallest absolute Gasteiger partial charge is 0.253 e. The molecule has 2 aromatic heterocycles. The lowest BCUT2D eigenvalue weighted by Gasteiger charge is -2.44. The number of carbonyl (C=O) groups is 2. The Balaban J connectivity index is 1.18. The zero-order valence-corrected chi connectivity index (χ0v) is 24.7. The van der Waals surface area contributed by atoms with Crippen molar-refractivity contribution < 1.29 is 9.59 Å². The first-order valence-corrected chi connectivity index (χ1v) is 14.2. The zero-order chi connectivity index (χ0) is 29.1. The van der Waals surface area contributed by atoms with Crippen molar-refractivity contribution in [2.45, 2.75) is 38.9 Å². The highest BCUT2D eigenvalue weighted by molar-refractivity contribution is 6.43. The lowest BCUT2D eigenvalue weighted by Crippen LogP contribution is -2.57. The highest BCUT2D eigenvalue weighted by atomic mass is 35.5. The molecule has 3 heterocycles. The first-order valence-electron chi connectivity index (χ1n) is 13.1. The number of amides is 2. The van der Waals surface area contributed by atoms with Crippen molar-refractivity contribution in [2.75, 3.05) is 18.4 Å². The minimum atomic E-state index is -0.143. The molecule has 1 aliphatic heterocycles. The summed E-state index contributed by atoms with van der Waals surface area (Å²) in [6.07, 6.45) is 5.38. The summed E-state index contributed by atoms with van der Waals surface area (Å²) in [5, 5.41) is 12.6. The monoisotopic (exact) mass is 611 g/mol. The summed E-state index contributed by atoms with van der Waals surface area (Å²) in [5.74, 6) is -0.187. The molecule has 2 atom stereocenters. The molecule has 12 heteroatoms.